The van der Waals surface area contributed by atoms with Crippen molar-refractivity contribution in [2.24, 2.45) is 11.1 Å². The van der Waals surface area contributed by atoms with Crippen molar-refractivity contribution in [2.75, 3.05) is 11.9 Å². The number of anilines is 1. The Morgan fingerprint density at radius 1 is 1.24 bits per heavy atom. The van der Waals surface area contributed by atoms with E-state index in [1.54, 1.807) is 0 Å². The van der Waals surface area contributed by atoms with Crippen LogP contribution in [0.5, 0.6) is 0 Å². The first-order valence-corrected chi connectivity index (χ1v) is 7.37. The second-order valence-corrected chi connectivity index (χ2v) is 5.79. The van der Waals surface area contributed by atoms with Gasteiger partial charge in [0.15, 0.2) is 0 Å². The molecule has 0 aliphatic rings. The molecule has 0 spiro atoms. The molecule has 0 aliphatic heterocycles. The largest absolute Gasteiger partial charge is 0.416 e. The number of amides is 1. The molecular formula is C14H18BrF3N2O. The number of carbonyl (C=O) groups excluding carboxylic acids is 1. The molecule has 0 bridgehead atoms. The number of carbonyl (C=O) groups is 1. The quantitative estimate of drug-likeness (QED) is 0.821. The first-order valence-electron chi connectivity index (χ1n) is 6.58. The summed E-state index contributed by atoms with van der Waals surface area (Å²) in [6.45, 7) is 3.81. The molecule has 0 aliphatic carbocycles. The molecule has 0 saturated carbocycles. The van der Waals surface area contributed by atoms with Crippen LogP contribution in [-0.2, 0) is 11.0 Å². The molecule has 0 fully saturated rings. The summed E-state index contributed by atoms with van der Waals surface area (Å²) in [5.74, 6) is -0.360. The molecule has 0 radical (unpaired) electrons. The molecule has 3 N–H and O–H groups in total. The van der Waals surface area contributed by atoms with E-state index < -0.39 is 17.2 Å². The number of hydrogen-bond acceptors (Lipinski definition) is 2. The maximum Gasteiger partial charge on any atom is 0.416 e. The van der Waals surface area contributed by atoms with Crippen molar-refractivity contribution < 1.29 is 18.0 Å². The van der Waals surface area contributed by atoms with Crippen molar-refractivity contribution in [1.29, 1.82) is 0 Å². The molecule has 0 saturated heterocycles. The van der Waals surface area contributed by atoms with E-state index in [1.165, 1.54) is 6.07 Å². The third-order valence-electron chi connectivity index (χ3n) is 3.71. The Kier molecular flexibility index (Phi) is 5.81. The van der Waals surface area contributed by atoms with Gasteiger partial charge in [0.1, 0.15) is 0 Å². The summed E-state index contributed by atoms with van der Waals surface area (Å²) >= 11 is 3.02. The normalized spacial score (nSPS) is 12.3. The minimum atomic E-state index is -4.47. The Bertz CT molecular complexity index is 505. The van der Waals surface area contributed by atoms with Gasteiger partial charge in [-0.25, -0.2) is 0 Å². The highest BCUT2D eigenvalue weighted by Crippen LogP contribution is 2.34. The maximum absolute atomic E-state index is 12.8. The van der Waals surface area contributed by atoms with Crippen molar-refractivity contribution in [3.63, 3.8) is 0 Å². The fourth-order valence-corrected chi connectivity index (χ4v) is 2.53. The van der Waals surface area contributed by atoms with E-state index in [9.17, 15) is 18.0 Å². The molecular weight excluding hydrogens is 349 g/mol. The minimum Gasteiger partial charge on any atom is -0.329 e. The van der Waals surface area contributed by atoms with Crippen LogP contribution in [0.1, 0.15) is 32.3 Å². The number of halogens is 4. The van der Waals surface area contributed by atoms with Crippen molar-refractivity contribution in [3.8, 4) is 0 Å². The van der Waals surface area contributed by atoms with Crippen molar-refractivity contribution >= 4 is 27.5 Å². The molecule has 7 heteroatoms. The van der Waals surface area contributed by atoms with E-state index in [4.69, 9.17) is 5.73 Å². The fraction of sp³-hybridized carbons (Fsp3) is 0.500. The number of alkyl halides is 3. The van der Waals surface area contributed by atoms with Crippen LogP contribution in [-0.4, -0.2) is 12.5 Å². The molecule has 0 heterocycles. The summed E-state index contributed by atoms with van der Waals surface area (Å²) in [7, 11) is 0. The van der Waals surface area contributed by atoms with Gasteiger partial charge in [-0.3, -0.25) is 4.79 Å². The van der Waals surface area contributed by atoms with E-state index in [1.807, 2.05) is 13.8 Å². The number of nitrogens with one attached hydrogen (secondary N) is 1. The molecule has 0 aromatic heterocycles. The van der Waals surface area contributed by atoms with Gasteiger partial charge in [-0.1, -0.05) is 29.8 Å². The van der Waals surface area contributed by atoms with Gasteiger partial charge >= 0.3 is 6.18 Å². The smallest absolute Gasteiger partial charge is 0.329 e. The lowest BCUT2D eigenvalue weighted by molar-refractivity contribution is -0.137. The third kappa shape index (κ3) is 4.20. The van der Waals surface area contributed by atoms with Crippen molar-refractivity contribution in [3.05, 3.63) is 28.2 Å². The molecule has 0 atom stereocenters. The summed E-state index contributed by atoms with van der Waals surface area (Å²) in [6, 6.07) is 3.31. The molecule has 1 aromatic carbocycles. The third-order valence-corrected chi connectivity index (χ3v) is 4.17. The van der Waals surface area contributed by atoms with Gasteiger partial charge in [0, 0.05) is 16.7 Å². The zero-order valence-electron chi connectivity index (χ0n) is 11.9. The van der Waals surface area contributed by atoms with Crippen LogP contribution < -0.4 is 11.1 Å². The number of benzene rings is 1. The standard InChI is InChI=1S/C14H18BrF3N2O/c1-3-13(4-2,8-19)12(21)20-11-6-9(14(16,17)18)5-10(15)7-11/h5-7H,3-4,8,19H2,1-2H3,(H,20,21). The van der Waals surface area contributed by atoms with E-state index in [0.29, 0.717) is 12.8 Å². The Labute approximate surface area is 130 Å². The molecule has 118 valence electrons. The predicted octanol–water partition coefficient (Wildman–Crippen LogP) is 4.17. The summed E-state index contributed by atoms with van der Waals surface area (Å²) < 4.78 is 38.5. The topological polar surface area (TPSA) is 55.1 Å². The highest BCUT2D eigenvalue weighted by atomic mass is 79.9. The maximum atomic E-state index is 12.8. The lowest BCUT2D eigenvalue weighted by atomic mass is 9.81. The molecule has 1 aromatic rings. The molecule has 21 heavy (non-hydrogen) atoms. The lowest BCUT2D eigenvalue weighted by Crippen LogP contribution is -2.41. The SMILES string of the molecule is CCC(CC)(CN)C(=O)Nc1cc(Br)cc(C(F)(F)F)c1. The molecule has 1 amide bonds. The van der Waals surface area contributed by atoms with Gasteiger partial charge in [-0.05, 0) is 31.0 Å². The average molecular weight is 367 g/mol. The Morgan fingerprint density at radius 2 is 1.81 bits per heavy atom. The summed E-state index contributed by atoms with van der Waals surface area (Å²) in [4.78, 5) is 12.3. The number of nitrogens with two attached hydrogens (primary N) is 1. The van der Waals surface area contributed by atoms with Gasteiger partial charge < -0.3 is 11.1 Å². The first kappa shape index (κ1) is 18.0. The van der Waals surface area contributed by atoms with Crippen molar-refractivity contribution in [2.45, 2.75) is 32.9 Å². The minimum absolute atomic E-state index is 0.0985. The second kappa shape index (κ2) is 6.79. The Hall–Kier alpha value is -1.08. The first-order chi connectivity index (χ1) is 9.68. The van der Waals surface area contributed by atoms with E-state index >= 15 is 0 Å². The van der Waals surface area contributed by atoms with Crippen LogP contribution in [0.25, 0.3) is 0 Å². The highest BCUT2D eigenvalue weighted by molar-refractivity contribution is 9.10. The summed E-state index contributed by atoms with van der Waals surface area (Å²) in [5.41, 5.74) is 4.18. The fourth-order valence-electron chi connectivity index (χ4n) is 2.04. The second-order valence-electron chi connectivity index (χ2n) is 4.87. The summed E-state index contributed by atoms with van der Waals surface area (Å²) in [6.07, 6.45) is -3.43. The van der Waals surface area contributed by atoms with Crippen LogP contribution in [0.2, 0.25) is 0 Å². The van der Waals surface area contributed by atoms with Gasteiger partial charge in [0.05, 0.1) is 11.0 Å². The van der Waals surface area contributed by atoms with E-state index in [0.717, 1.165) is 12.1 Å². The average Bonchev–Trinajstić information content (AvgIpc) is 2.39. The molecule has 3 nitrogen and oxygen atoms in total. The predicted molar refractivity (Wildman–Crippen MR) is 79.8 cm³/mol. The van der Waals surface area contributed by atoms with Crippen LogP contribution in [0.15, 0.2) is 22.7 Å². The number of hydrogen-bond donors (Lipinski definition) is 2. The zero-order chi connectivity index (χ0) is 16.3. The van der Waals surface area contributed by atoms with Gasteiger partial charge in [0.25, 0.3) is 0 Å². The van der Waals surface area contributed by atoms with Crippen molar-refractivity contribution in [1.82, 2.24) is 0 Å². The van der Waals surface area contributed by atoms with Gasteiger partial charge in [-0.15, -0.1) is 0 Å². The van der Waals surface area contributed by atoms with Crippen LogP contribution >= 0.6 is 15.9 Å². The van der Waals surface area contributed by atoms with E-state index in [2.05, 4.69) is 21.2 Å². The van der Waals surface area contributed by atoms with Crippen LogP contribution in [0.3, 0.4) is 0 Å². The van der Waals surface area contributed by atoms with Crippen LogP contribution in [0, 0.1) is 5.41 Å². The Balaban J connectivity index is 3.08. The van der Waals surface area contributed by atoms with E-state index in [-0.39, 0.29) is 22.6 Å². The molecule has 0 unspecified atom stereocenters. The van der Waals surface area contributed by atoms with Gasteiger partial charge in [0.2, 0.25) is 5.91 Å². The number of rotatable bonds is 5. The Morgan fingerprint density at radius 3 is 2.24 bits per heavy atom. The van der Waals surface area contributed by atoms with Crippen LogP contribution in [0.4, 0.5) is 18.9 Å². The summed E-state index contributed by atoms with van der Waals surface area (Å²) in [5, 5.41) is 2.54. The molecule has 1 rings (SSSR count). The van der Waals surface area contributed by atoms with Gasteiger partial charge in [-0.2, -0.15) is 13.2 Å². The lowest BCUT2D eigenvalue weighted by Gasteiger charge is -2.28. The zero-order valence-corrected chi connectivity index (χ0v) is 13.4. The monoisotopic (exact) mass is 366 g/mol. The highest BCUT2D eigenvalue weighted by Gasteiger charge is 2.34.